The quantitative estimate of drug-likeness (QED) is 0.167. The lowest BCUT2D eigenvalue weighted by atomic mass is 9.73. The number of ketones is 2. The number of hydrogen-bond acceptors (Lipinski definition) is 16. The van der Waals surface area contributed by atoms with Crippen LogP contribution in [0.1, 0.15) is 162 Å². The molecule has 0 unspecified atom stereocenters. The van der Waals surface area contributed by atoms with Crippen molar-refractivity contribution in [3.05, 3.63) is 43.3 Å². The first-order valence-corrected chi connectivity index (χ1v) is 26.6. The lowest BCUT2D eigenvalue weighted by Gasteiger charge is -2.34. The molecule has 14 atom stereocenters. The molecule has 0 spiro atoms. The standard InChI is InChI=1S/C27H41NO6S.C26H39NO6S/c1-15-9-8-10-27(7)22(34-27)12-20(16(2)11-19-14-35-18(4)28-19)33-23(30)13-21(29)26(5,6)25(32)17(3)24(15)31;1-14-8-7-9-19-21(32-19)11-20(15(2)10-18-13-34-17(4)27-18)33-23(29)12-22(28)26(5,6)25(31)16(3)24(14)30/h11,14-15,17,20-22,24,29,31H,8-10,12-13H2,1-7H3;10,13-14,16,19-22,24,28,30H,7-9,11-12H2,1-6H3/b16-11+;15-10+/t15-,17+,20-,21-,22-,24-,27+;14-,16+,19+,20-,21-,22-,24-/m00/s1. The highest BCUT2D eigenvalue weighted by molar-refractivity contribution is 7.09. The number of epoxide rings is 2. The van der Waals surface area contributed by atoms with Crippen molar-refractivity contribution in [3.63, 3.8) is 0 Å². The van der Waals surface area contributed by atoms with Crippen LogP contribution in [0.5, 0.6) is 0 Å². The number of aryl methyl sites for hydroxylation is 2. The van der Waals surface area contributed by atoms with Gasteiger partial charge in [0.25, 0.3) is 0 Å². The zero-order valence-electron chi connectivity index (χ0n) is 43.2. The van der Waals surface area contributed by atoms with Crippen molar-refractivity contribution >= 4 is 58.3 Å². The Balaban J connectivity index is 0.000000258. The molecule has 6 rings (SSSR count). The van der Waals surface area contributed by atoms with E-state index in [-0.39, 0.29) is 60.2 Å². The topological polar surface area (TPSA) is 218 Å². The average molecular weight is 1000 g/mol. The van der Waals surface area contributed by atoms with Crippen molar-refractivity contribution in [2.75, 3.05) is 0 Å². The molecule has 0 amide bonds. The number of thiazole rings is 2. The zero-order chi connectivity index (χ0) is 51.3. The van der Waals surface area contributed by atoms with Crippen molar-refractivity contribution in [1.82, 2.24) is 9.97 Å². The number of cyclic esters (lactones) is 2. The number of rotatable bonds is 4. The van der Waals surface area contributed by atoms with Crippen molar-refractivity contribution in [1.29, 1.82) is 0 Å². The van der Waals surface area contributed by atoms with E-state index < -0.39 is 71.2 Å². The Kier molecular flexibility index (Phi) is 19.3. The highest BCUT2D eigenvalue weighted by Crippen LogP contribution is 2.45. The van der Waals surface area contributed by atoms with Crippen LogP contribution in [0, 0.1) is 48.3 Å². The van der Waals surface area contributed by atoms with E-state index in [1.807, 2.05) is 64.5 Å². The molecule has 0 saturated carbocycles. The molecule has 4 aliphatic rings. The molecule has 386 valence electrons. The van der Waals surface area contributed by atoms with Crippen molar-refractivity contribution in [3.8, 4) is 0 Å². The number of Topliss-reactive ketones (excluding diaryl/α,β-unsaturated/α-hetero) is 2. The van der Waals surface area contributed by atoms with Gasteiger partial charge in [-0.15, -0.1) is 22.7 Å². The SMILES string of the molecule is C/C(=C\c1csc(C)n1)[C@@H]1C[C@@H]2O[C@@H]2CCC[C@H](C)[C@H](O)[C@@H](C)C(=O)C(C)(C)[C@@H](O)CC(=O)O1.C/C(=C\c1csc(C)n1)[C@@H]1C[C@@H]2O[C@]2(C)CCC[C@H](C)[C@H](O)[C@@H](C)C(=O)C(C)(C)[C@@H](O)CC(=O)O1. The molecular weight excluding hydrogens is 921 g/mol. The van der Waals surface area contributed by atoms with Gasteiger partial charge in [0.05, 0.1) is 93.4 Å². The molecule has 2 aromatic heterocycles. The minimum atomic E-state index is -1.23. The first kappa shape index (κ1) is 56.7. The Bertz CT molecular complexity index is 2160. The Hall–Kier alpha value is -3.22. The fourth-order valence-electron chi connectivity index (χ4n) is 9.85. The van der Waals surface area contributed by atoms with Gasteiger partial charge in [-0.2, -0.15) is 0 Å². The Labute approximate surface area is 417 Å². The molecule has 0 radical (unpaired) electrons. The van der Waals surface area contributed by atoms with Gasteiger partial charge in [0, 0.05) is 35.4 Å². The summed E-state index contributed by atoms with van der Waals surface area (Å²) in [6.45, 7) is 23.6. The van der Waals surface area contributed by atoms with Crippen LogP contribution in [0.25, 0.3) is 12.2 Å². The maximum Gasteiger partial charge on any atom is 0.309 e. The molecule has 4 aliphatic heterocycles. The van der Waals surface area contributed by atoms with E-state index in [1.165, 1.54) is 0 Å². The highest BCUT2D eigenvalue weighted by Gasteiger charge is 2.53. The van der Waals surface area contributed by atoms with E-state index in [2.05, 4.69) is 16.9 Å². The molecular formula is C53H80N2O12S2. The molecule has 2 aromatic rings. The molecule has 0 bridgehead atoms. The van der Waals surface area contributed by atoms with Gasteiger partial charge in [-0.1, -0.05) is 68.2 Å². The first-order chi connectivity index (χ1) is 32.1. The van der Waals surface area contributed by atoms with Crippen molar-refractivity contribution in [2.24, 2.45) is 34.5 Å². The fourth-order valence-corrected chi connectivity index (χ4v) is 11.0. The number of nitrogens with zero attached hydrogens (tertiary/aromatic N) is 2. The summed E-state index contributed by atoms with van der Waals surface area (Å²) in [6, 6.07) is 0. The van der Waals surface area contributed by atoms with Crippen LogP contribution in [0.3, 0.4) is 0 Å². The van der Waals surface area contributed by atoms with Gasteiger partial charge < -0.3 is 39.4 Å². The summed E-state index contributed by atoms with van der Waals surface area (Å²) in [4.78, 5) is 61.1. The van der Waals surface area contributed by atoms with Crippen LogP contribution in [0.4, 0.5) is 0 Å². The lowest BCUT2D eigenvalue weighted by Crippen LogP contribution is -2.45. The number of aromatic nitrogens is 2. The summed E-state index contributed by atoms with van der Waals surface area (Å²) in [5.41, 5.74) is 0.673. The van der Waals surface area contributed by atoms with E-state index in [9.17, 15) is 39.6 Å². The maximum atomic E-state index is 13.2. The first-order valence-electron chi connectivity index (χ1n) is 24.9. The summed E-state index contributed by atoms with van der Waals surface area (Å²) in [7, 11) is 0. The van der Waals surface area contributed by atoms with Crippen LogP contribution in [0.2, 0.25) is 0 Å². The smallest absolute Gasteiger partial charge is 0.309 e. The predicted octanol–water partition coefficient (Wildman–Crippen LogP) is 8.56. The number of fused-ring (bicyclic) bond motifs is 2. The van der Waals surface area contributed by atoms with Crippen LogP contribution in [-0.4, -0.2) is 114 Å². The summed E-state index contributed by atoms with van der Waals surface area (Å²) in [5.74, 6) is -3.06. The van der Waals surface area contributed by atoms with Gasteiger partial charge >= 0.3 is 11.9 Å². The summed E-state index contributed by atoms with van der Waals surface area (Å²) in [5, 5.41) is 49.1. The average Bonchev–Trinajstić information content (AvgIpc) is 4.04. The van der Waals surface area contributed by atoms with Gasteiger partial charge in [0.1, 0.15) is 23.8 Å². The highest BCUT2D eigenvalue weighted by atomic mass is 32.1. The number of carbonyl (C=O) groups is 4. The van der Waals surface area contributed by atoms with Gasteiger partial charge in [-0.25, -0.2) is 9.97 Å². The molecule has 69 heavy (non-hydrogen) atoms. The lowest BCUT2D eigenvalue weighted by molar-refractivity contribution is -0.156. The zero-order valence-corrected chi connectivity index (χ0v) is 44.8. The number of ether oxygens (including phenoxy) is 4. The molecule has 0 aromatic carbocycles. The van der Waals surface area contributed by atoms with E-state index in [1.54, 1.807) is 64.2 Å². The van der Waals surface area contributed by atoms with E-state index >= 15 is 0 Å². The summed E-state index contributed by atoms with van der Waals surface area (Å²) in [6.07, 6.45) is 4.27. The Morgan fingerprint density at radius 3 is 1.52 bits per heavy atom. The molecule has 6 heterocycles. The van der Waals surface area contributed by atoms with Gasteiger partial charge in [-0.05, 0) is 95.4 Å². The maximum absolute atomic E-state index is 13.2. The largest absolute Gasteiger partial charge is 0.458 e. The van der Waals surface area contributed by atoms with Crippen LogP contribution < -0.4 is 0 Å². The van der Waals surface area contributed by atoms with Gasteiger partial charge in [0.15, 0.2) is 0 Å². The minimum Gasteiger partial charge on any atom is -0.458 e. The predicted molar refractivity (Wildman–Crippen MR) is 267 cm³/mol. The van der Waals surface area contributed by atoms with E-state index in [0.717, 1.165) is 71.1 Å². The number of aliphatic hydroxyl groups is 4. The second-order valence-electron chi connectivity index (χ2n) is 21.9. The second-order valence-corrected chi connectivity index (χ2v) is 24.0. The fraction of sp³-hybridized carbons (Fsp3) is 0.736. The van der Waals surface area contributed by atoms with Crippen molar-refractivity contribution in [2.45, 2.75) is 215 Å². The van der Waals surface area contributed by atoms with Crippen molar-refractivity contribution < 1.29 is 58.6 Å². The molecule has 4 saturated heterocycles. The van der Waals surface area contributed by atoms with E-state index in [0.29, 0.717) is 12.8 Å². The number of carbonyl (C=O) groups excluding carboxylic acids is 4. The summed E-state index contributed by atoms with van der Waals surface area (Å²) >= 11 is 3.12. The number of hydrogen-bond donors (Lipinski definition) is 4. The molecule has 4 fully saturated rings. The second kappa shape index (κ2) is 23.6. The normalized spacial score (nSPS) is 36.7. The van der Waals surface area contributed by atoms with Crippen LogP contribution >= 0.6 is 22.7 Å². The van der Waals surface area contributed by atoms with E-state index in [4.69, 9.17) is 18.9 Å². The Morgan fingerprint density at radius 1 is 0.652 bits per heavy atom. The Morgan fingerprint density at radius 2 is 1.09 bits per heavy atom. The monoisotopic (exact) mass is 1000 g/mol. The molecule has 16 heteroatoms. The number of aliphatic hydroxyl groups excluding tert-OH is 4. The summed E-state index contributed by atoms with van der Waals surface area (Å²) < 4.78 is 23.6. The van der Waals surface area contributed by atoms with Crippen LogP contribution in [-0.2, 0) is 38.1 Å². The third-order valence-electron chi connectivity index (χ3n) is 15.3. The molecule has 14 nitrogen and oxygen atoms in total. The van der Waals surface area contributed by atoms with Crippen LogP contribution in [0.15, 0.2) is 21.9 Å². The molecule has 0 aliphatic carbocycles. The third kappa shape index (κ3) is 14.9. The third-order valence-corrected chi connectivity index (χ3v) is 16.9. The van der Waals surface area contributed by atoms with Gasteiger partial charge in [0.2, 0.25) is 0 Å². The van der Waals surface area contributed by atoms with Gasteiger partial charge in [-0.3, -0.25) is 19.2 Å². The molecule has 4 N–H and O–H groups in total. The number of esters is 2. The minimum absolute atomic E-state index is 0.00770.